The summed E-state index contributed by atoms with van der Waals surface area (Å²) in [5.74, 6) is -0.943. The van der Waals surface area contributed by atoms with Crippen LogP contribution in [0.2, 0.25) is 0 Å². The molecule has 0 radical (unpaired) electrons. The number of ether oxygens (including phenoxy) is 4. The van der Waals surface area contributed by atoms with Crippen LogP contribution < -0.4 is 15.0 Å². The third-order valence-electron chi connectivity index (χ3n) is 7.08. The Kier molecular flexibility index (Phi) is 9.27. The highest BCUT2D eigenvalue weighted by molar-refractivity contribution is 5.80. The fraction of sp³-hybridized carbons (Fsp3) is 0.667. The van der Waals surface area contributed by atoms with Crippen LogP contribution in [0.3, 0.4) is 0 Å². The van der Waals surface area contributed by atoms with Crippen LogP contribution in [0.15, 0.2) is 18.2 Å². The normalized spacial score (nSPS) is 23.5. The third kappa shape index (κ3) is 7.69. The molecule has 1 atom stereocenters. The predicted molar refractivity (Wildman–Crippen MR) is 135 cm³/mol. The van der Waals surface area contributed by atoms with Crippen LogP contribution >= 0.6 is 0 Å². The van der Waals surface area contributed by atoms with Crippen LogP contribution in [0.1, 0.15) is 64.9 Å². The summed E-state index contributed by atoms with van der Waals surface area (Å²) in [5.41, 5.74) is -2.59. The number of methoxy groups -OCH3 is 2. The molecule has 9 nitrogen and oxygen atoms in total. The summed E-state index contributed by atoms with van der Waals surface area (Å²) >= 11 is 0. The van der Waals surface area contributed by atoms with E-state index in [1.165, 1.54) is 20.3 Å². The molecule has 2 aliphatic rings. The standard InChI is InChI=1S/C27H37F3N2O7/c1-25(2,3)39-24(35)31-18-7-9-19(10-8-18)32-15-26(23(34)37-5,13-12-22(33)36-4)16-38-21-11-6-17(14-20(21)32)27(28,29)30/h6,11,14,18-19H,7-10,12-13,15-16H2,1-5H3,(H,31,35). The molecule has 1 N–H and O–H groups in total. The molecule has 0 aromatic heterocycles. The number of hydrogen-bond donors (Lipinski definition) is 1. The van der Waals surface area contributed by atoms with Gasteiger partial charge < -0.3 is 29.2 Å². The van der Waals surface area contributed by atoms with Crippen molar-refractivity contribution in [2.75, 3.05) is 32.3 Å². The number of nitrogens with one attached hydrogen (secondary N) is 1. The first-order valence-electron chi connectivity index (χ1n) is 12.9. The second-order valence-electron chi connectivity index (χ2n) is 11.1. The van der Waals surface area contributed by atoms with Crippen LogP contribution in [0.25, 0.3) is 0 Å². The van der Waals surface area contributed by atoms with Gasteiger partial charge in [0.15, 0.2) is 0 Å². The number of nitrogens with zero attached hydrogens (tertiary/aromatic N) is 1. The second-order valence-corrected chi connectivity index (χ2v) is 11.1. The summed E-state index contributed by atoms with van der Waals surface area (Å²) in [4.78, 5) is 39.1. The Morgan fingerprint density at radius 2 is 1.74 bits per heavy atom. The van der Waals surface area contributed by atoms with E-state index in [9.17, 15) is 27.6 Å². The van der Waals surface area contributed by atoms with E-state index in [2.05, 4.69) is 5.32 Å². The molecule has 1 aliphatic heterocycles. The smallest absolute Gasteiger partial charge is 0.416 e. The first-order valence-corrected chi connectivity index (χ1v) is 12.9. The Morgan fingerprint density at radius 3 is 2.31 bits per heavy atom. The average Bonchev–Trinajstić information content (AvgIpc) is 3.03. The number of fused-ring (bicyclic) bond motifs is 1. The van der Waals surface area contributed by atoms with E-state index in [4.69, 9.17) is 18.9 Å². The van der Waals surface area contributed by atoms with Crippen molar-refractivity contribution in [3.05, 3.63) is 23.8 Å². The van der Waals surface area contributed by atoms with Crippen LogP contribution in [0.4, 0.5) is 23.7 Å². The van der Waals surface area contributed by atoms with Crippen molar-refractivity contribution >= 4 is 23.7 Å². The topological polar surface area (TPSA) is 103 Å². The van der Waals surface area contributed by atoms with Gasteiger partial charge in [-0.3, -0.25) is 9.59 Å². The molecule has 12 heteroatoms. The summed E-state index contributed by atoms with van der Waals surface area (Å²) in [6.07, 6.45) is -2.99. The summed E-state index contributed by atoms with van der Waals surface area (Å²) in [6.45, 7) is 5.11. The van der Waals surface area contributed by atoms with Crippen molar-refractivity contribution in [1.82, 2.24) is 5.32 Å². The molecule has 1 heterocycles. The fourth-order valence-electron chi connectivity index (χ4n) is 5.08. The van der Waals surface area contributed by atoms with Crippen molar-refractivity contribution in [1.29, 1.82) is 0 Å². The molecule has 1 amide bonds. The third-order valence-corrected chi connectivity index (χ3v) is 7.08. The highest BCUT2D eigenvalue weighted by Crippen LogP contribution is 2.44. The molecule has 218 valence electrons. The fourth-order valence-corrected chi connectivity index (χ4v) is 5.08. The molecule has 0 spiro atoms. The van der Waals surface area contributed by atoms with Gasteiger partial charge in [0, 0.05) is 25.0 Å². The molecule has 1 aromatic carbocycles. The zero-order valence-electron chi connectivity index (χ0n) is 23.0. The minimum atomic E-state index is -4.58. The maximum atomic E-state index is 13.7. The van der Waals surface area contributed by atoms with Gasteiger partial charge in [-0.15, -0.1) is 0 Å². The lowest BCUT2D eigenvalue weighted by atomic mass is 9.81. The van der Waals surface area contributed by atoms with Crippen LogP contribution in [-0.4, -0.2) is 63.1 Å². The minimum absolute atomic E-state index is 0.0141. The van der Waals surface area contributed by atoms with Gasteiger partial charge in [0.25, 0.3) is 0 Å². The van der Waals surface area contributed by atoms with E-state index < -0.39 is 40.8 Å². The lowest BCUT2D eigenvalue weighted by molar-refractivity contribution is -0.155. The van der Waals surface area contributed by atoms with E-state index in [0.717, 1.165) is 12.1 Å². The molecule has 1 saturated carbocycles. The Labute approximate surface area is 226 Å². The maximum Gasteiger partial charge on any atom is 0.416 e. The van der Waals surface area contributed by atoms with E-state index >= 15 is 0 Å². The number of rotatable bonds is 6. The number of halogens is 3. The molecule has 39 heavy (non-hydrogen) atoms. The van der Waals surface area contributed by atoms with E-state index in [0.29, 0.717) is 25.7 Å². The summed E-state index contributed by atoms with van der Waals surface area (Å²) in [6, 6.07) is 2.82. The lowest BCUT2D eigenvalue weighted by Crippen LogP contribution is -2.51. The summed E-state index contributed by atoms with van der Waals surface area (Å²) < 4.78 is 62.1. The number of carbonyl (C=O) groups is 3. The van der Waals surface area contributed by atoms with E-state index in [1.54, 1.807) is 25.7 Å². The molecule has 1 unspecified atom stereocenters. The lowest BCUT2D eigenvalue weighted by Gasteiger charge is -2.41. The first kappa shape index (κ1) is 30.4. The number of alkyl halides is 3. The van der Waals surface area contributed by atoms with Gasteiger partial charge in [-0.1, -0.05) is 0 Å². The molecule has 0 saturated heterocycles. The number of carbonyl (C=O) groups excluding carboxylic acids is 3. The van der Waals surface area contributed by atoms with Gasteiger partial charge in [-0.2, -0.15) is 13.2 Å². The van der Waals surface area contributed by atoms with Gasteiger partial charge >= 0.3 is 24.2 Å². The first-order chi connectivity index (χ1) is 18.2. The van der Waals surface area contributed by atoms with Crippen molar-refractivity contribution in [2.45, 2.75) is 83.2 Å². The zero-order chi connectivity index (χ0) is 29.0. The van der Waals surface area contributed by atoms with Crippen molar-refractivity contribution in [2.24, 2.45) is 5.41 Å². The largest absolute Gasteiger partial charge is 0.490 e. The molecule has 1 aliphatic carbocycles. The average molecular weight is 559 g/mol. The highest BCUT2D eigenvalue weighted by Gasteiger charge is 2.47. The Hall–Kier alpha value is -3.18. The Bertz CT molecular complexity index is 1050. The quantitative estimate of drug-likeness (QED) is 0.390. The number of anilines is 1. The van der Waals surface area contributed by atoms with Crippen LogP contribution in [0.5, 0.6) is 5.75 Å². The summed E-state index contributed by atoms with van der Waals surface area (Å²) in [5, 5.41) is 2.86. The van der Waals surface area contributed by atoms with Gasteiger partial charge in [0.1, 0.15) is 23.4 Å². The maximum absolute atomic E-state index is 13.7. The minimum Gasteiger partial charge on any atom is -0.490 e. The second kappa shape index (κ2) is 11.9. The van der Waals surface area contributed by atoms with Crippen molar-refractivity contribution < 1.29 is 46.5 Å². The molecule has 0 bridgehead atoms. The predicted octanol–water partition coefficient (Wildman–Crippen LogP) is 4.85. The van der Waals surface area contributed by atoms with Gasteiger partial charge in [-0.25, -0.2) is 4.79 Å². The van der Waals surface area contributed by atoms with Gasteiger partial charge in [0.05, 0.1) is 25.5 Å². The number of hydrogen-bond acceptors (Lipinski definition) is 8. The number of esters is 2. The Balaban J connectivity index is 1.91. The van der Waals surface area contributed by atoms with Gasteiger partial charge in [0.2, 0.25) is 0 Å². The SMILES string of the molecule is COC(=O)CCC1(C(=O)OC)COc2ccc(C(F)(F)F)cc2N(C2CCC(NC(=O)OC(C)(C)C)CC2)C1. The molecule has 1 fully saturated rings. The van der Waals surface area contributed by atoms with E-state index in [-0.39, 0.29) is 49.5 Å². The molecular formula is C27H37F3N2O7. The Morgan fingerprint density at radius 1 is 1.08 bits per heavy atom. The van der Waals surface area contributed by atoms with Gasteiger partial charge in [-0.05, 0) is 71.1 Å². The summed E-state index contributed by atoms with van der Waals surface area (Å²) in [7, 11) is 2.46. The van der Waals surface area contributed by atoms with Crippen LogP contribution in [0, 0.1) is 5.41 Å². The highest BCUT2D eigenvalue weighted by atomic mass is 19.4. The van der Waals surface area contributed by atoms with Crippen LogP contribution in [-0.2, 0) is 30.0 Å². The number of alkyl carbamates (subject to hydrolysis) is 1. The number of benzene rings is 1. The molecule has 3 rings (SSSR count). The van der Waals surface area contributed by atoms with Crippen molar-refractivity contribution in [3.63, 3.8) is 0 Å². The molecule has 1 aromatic rings. The van der Waals surface area contributed by atoms with Crippen molar-refractivity contribution in [3.8, 4) is 5.75 Å². The van der Waals surface area contributed by atoms with E-state index in [1.807, 2.05) is 0 Å². The zero-order valence-corrected chi connectivity index (χ0v) is 23.0. The number of amides is 1. The molecular weight excluding hydrogens is 521 g/mol. The monoisotopic (exact) mass is 558 g/mol.